The highest BCUT2D eigenvalue weighted by Crippen LogP contribution is 2.29. The van der Waals surface area contributed by atoms with Crippen LogP contribution in [0.5, 0.6) is 0 Å². The predicted octanol–water partition coefficient (Wildman–Crippen LogP) is 4.50. The van der Waals surface area contributed by atoms with Crippen molar-refractivity contribution in [1.29, 1.82) is 0 Å². The molecular formula is C35H31N3O9. The highest BCUT2D eigenvalue weighted by molar-refractivity contribution is 6.09. The molecule has 3 N–H and O–H groups in total. The molecule has 12 nitrogen and oxygen atoms in total. The van der Waals surface area contributed by atoms with E-state index in [1.165, 1.54) is 48.5 Å². The summed E-state index contributed by atoms with van der Waals surface area (Å²) >= 11 is 0. The molecule has 3 aromatic carbocycles. The van der Waals surface area contributed by atoms with Crippen LogP contribution in [0, 0.1) is 5.92 Å². The van der Waals surface area contributed by atoms with Gasteiger partial charge in [-0.1, -0.05) is 54.6 Å². The van der Waals surface area contributed by atoms with Gasteiger partial charge in [0.25, 0.3) is 0 Å². The van der Waals surface area contributed by atoms with Crippen LogP contribution in [0.15, 0.2) is 97.5 Å². The van der Waals surface area contributed by atoms with Gasteiger partial charge in [-0.05, 0) is 49.6 Å². The molecule has 1 aliphatic carbocycles. The van der Waals surface area contributed by atoms with Crippen molar-refractivity contribution >= 4 is 40.6 Å². The summed E-state index contributed by atoms with van der Waals surface area (Å²) in [5.74, 6) is -5.32. The number of Topliss-reactive ketones (excluding diaryl/α,β-unsaturated/α-hetero) is 1. The van der Waals surface area contributed by atoms with Crippen molar-refractivity contribution in [3.63, 3.8) is 0 Å². The van der Waals surface area contributed by atoms with Crippen molar-refractivity contribution in [2.24, 2.45) is 13.0 Å². The Balaban J connectivity index is 0.000000188. The standard InChI is InChI=1S/C18H14O8.C17H17N3O/c19-15(20)13(25-17(23)11-7-3-1-4-8-11)14(16(21)22)26-18(24)12-9-5-2-6-10-12;1-20-9-13(12-4-2-3-5-16(12)20)17(21)11-6-7-14-15(8-11)19-10-18-14/h1-10,13-14H,(H,19,20)(H,21,22);2-5,9-11H,6-8H2,1H3,(H,18,19). The number of aliphatic carboxylic acids is 2. The zero-order chi connectivity index (χ0) is 33.5. The van der Waals surface area contributed by atoms with Gasteiger partial charge < -0.3 is 29.2 Å². The molecule has 6 rings (SSSR count). The zero-order valence-corrected chi connectivity index (χ0v) is 25.2. The molecule has 12 heteroatoms. The van der Waals surface area contributed by atoms with Crippen molar-refractivity contribution in [2.45, 2.75) is 31.5 Å². The highest BCUT2D eigenvalue weighted by atomic mass is 16.6. The number of ketones is 1. The highest BCUT2D eigenvalue weighted by Gasteiger charge is 2.41. The number of carbonyl (C=O) groups excluding carboxylic acids is 3. The molecule has 1 aliphatic rings. The molecule has 0 aliphatic heterocycles. The molecule has 0 saturated heterocycles. The summed E-state index contributed by atoms with van der Waals surface area (Å²) in [5.41, 5.74) is 4.26. The Kier molecular flexibility index (Phi) is 9.90. The molecule has 240 valence electrons. The molecule has 5 aromatic rings. The summed E-state index contributed by atoms with van der Waals surface area (Å²) in [6, 6.07) is 22.9. The number of aryl methyl sites for hydroxylation is 2. The van der Waals surface area contributed by atoms with E-state index in [9.17, 15) is 34.2 Å². The molecule has 0 bridgehead atoms. The lowest BCUT2D eigenvalue weighted by molar-refractivity contribution is -0.166. The first-order valence-electron chi connectivity index (χ1n) is 14.7. The van der Waals surface area contributed by atoms with E-state index in [1.807, 2.05) is 36.0 Å². The molecule has 47 heavy (non-hydrogen) atoms. The number of fused-ring (bicyclic) bond motifs is 2. The zero-order valence-electron chi connectivity index (χ0n) is 25.2. The third kappa shape index (κ3) is 7.44. The monoisotopic (exact) mass is 637 g/mol. The minimum absolute atomic E-state index is 0.0253. The summed E-state index contributed by atoms with van der Waals surface area (Å²) in [6.07, 6.45) is 1.82. The van der Waals surface area contributed by atoms with Gasteiger partial charge in [0.15, 0.2) is 5.78 Å². The Morgan fingerprint density at radius 1 is 0.809 bits per heavy atom. The van der Waals surface area contributed by atoms with Crippen LogP contribution in [0.3, 0.4) is 0 Å². The first-order valence-corrected chi connectivity index (χ1v) is 14.7. The Morgan fingerprint density at radius 3 is 1.89 bits per heavy atom. The first kappa shape index (κ1) is 32.4. The fourth-order valence-electron chi connectivity index (χ4n) is 5.38. The lowest BCUT2D eigenvalue weighted by atomic mass is 9.84. The topological polar surface area (TPSA) is 178 Å². The number of carboxylic acid groups (broad SMARTS) is 2. The fourth-order valence-corrected chi connectivity index (χ4v) is 5.38. The number of ether oxygens (including phenoxy) is 2. The third-order valence-corrected chi connectivity index (χ3v) is 7.77. The Labute approximate surface area is 268 Å². The van der Waals surface area contributed by atoms with Gasteiger partial charge in [-0.25, -0.2) is 24.2 Å². The van der Waals surface area contributed by atoms with E-state index in [2.05, 4.69) is 16.0 Å². The average molecular weight is 638 g/mol. The van der Waals surface area contributed by atoms with Crippen LogP contribution < -0.4 is 0 Å². The SMILES string of the molecule is Cn1cc(C(=O)C2CCc3nc[nH]c3C2)c2ccccc21.O=C(OC(C(=O)O)C(OC(=O)c1ccccc1)C(=O)O)c1ccccc1. The summed E-state index contributed by atoms with van der Waals surface area (Å²) < 4.78 is 11.6. The van der Waals surface area contributed by atoms with E-state index in [0.717, 1.165) is 47.1 Å². The first-order chi connectivity index (χ1) is 22.6. The number of aromatic amines is 1. The number of aromatic nitrogens is 3. The van der Waals surface area contributed by atoms with Crippen LogP contribution in [0.25, 0.3) is 10.9 Å². The maximum atomic E-state index is 12.9. The third-order valence-electron chi connectivity index (χ3n) is 7.77. The lowest BCUT2D eigenvalue weighted by Crippen LogP contribution is -2.45. The van der Waals surface area contributed by atoms with Gasteiger partial charge in [-0.15, -0.1) is 0 Å². The number of nitrogens with zero attached hydrogens (tertiary/aromatic N) is 2. The molecule has 3 atom stereocenters. The van der Waals surface area contributed by atoms with Crippen LogP contribution >= 0.6 is 0 Å². The minimum atomic E-state index is -2.21. The van der Waals surface area contributed by atoms with E-state index in [0.29, 0.717) is 0 Å². The summed E-state index contributed by atoms with van der Waals surface area (Å²) in [6.45, 7) is 0. The smallest absolute Gasteiger partial charge is 0.349 e. The number of H-pyrrole nitrogens is 1. The van der Waals surface area contributed by atoms with Crippen LogP contribution in [0.4, 0.5) is 0 Å². The largest absolute Gasteiger partial charge is 0.478 e. The van der Waals surface area contributed by atoms with E-state index < -0.39 is 36.1 Å². The molecule has 2 aromatic heterocycles. The summed E-state index contributed by atoms with van der Waals surface area (Å²) in [5, 5.41) is 19.5. The van der Waals surface area contributed by atoms with Crippen molar-refractivity contribution in [1.82, 2.24) is 14.5 Å². The van der Waals surface area contributed by atoms with E-state index >= 15 is 0 Å². The van der Waals surface area contributed by atoms with Crippen LogP contribution in [-0.4, -0.2) is 66.6 Å². The van der Waals surface area contributed by atoms with Gasteiger partial charge in [0, 0.05) is 41.3 Å². The molecule has 0 fully saturated rings. The number of hydrogen-bond acceptors (Lipinski definition) is 8. The number of rotatable bonds is 9. The lowest BCUT2D eigenvalue weighted by Gasteiger charge is -2.21. The maximum Gasteiger partial charge on any atom is 0.349 e. The van der Waals surface area contributed by atoms with E-state index in [1.54, 1.807) is 18.5 Å². The van der Waals surface area contributed by atoms with Crippen LogP contribution in [0.2, 0.25) is 0 Å². The number of para-hydroxylation sites is 1. The molecule has 0 spiro atoms. The maximum absolute atomic E-state index is 12.9. The number of hydrogen-bond donors (Lipinski definition) is 3. The van der Waals surface area contributed by atoms with E-state index in [-0.39, 0.29) is 22.8 Å². The molecule has 0 saturated carbocycles. The van der Waals surface area contributed by atoms with Crippen molar-refractivity contribution < 1.29 is 43.7 Å². The van der Waals surface area contributed by atoms with Crippen molar-refractivity contribution in [3.05, 3.63) is 126 Å². The number of benzene rings is 3. The molecule has 3 unspecified atom stereocenters. The Hall–Kier alpha value is -6.04. The minimum Gasteiger partial charge on any atom is -0.478 e. The van der Waals surface area contributed by atoms with Gasteiger partial charge in [0.05, 0.1) is 23.1 Å². The van der Waals surface area contributed by atoms with Crippen molar-refractivity contribution in [3.8, 4) is 0 Å². The van der Waals surface area contributed by atoms with E-state index in [4.69, 9.17) is 9.47 Å². The van der Waals surface area contributed by atoms with Gasteiger partial charge >= 0.3 is 23.9 Å². The number of carboxylic acids is 2. The number of carbonyl (C=O) groups is 5. The van der Waals surface area contributed by atoms with Gasteiger partial charge in [0.1, 0.15) is 0 Å². The Bertz CT molecular complexity index is 1840. The van der Waals surface area contributed by atoms with Gasteiger partial charge in [-0.3, -0.25) is 4.79 Å². The quantitative estimate of drug-likeness (QED) is 0.154. The predicted molar refractivity (Wildman–Crippen MR) is 168 cm³/mol. The second kappa shape index (κ2) is 14.4. The van der Waals surface area contributed by atoms with Crippen molar-refractivity contribution in [2.75, 3.05) is 0 Å². The molecular weight excluding hydrogens is 606 g/mol. The molecule has 0 amide bonds. The number of esters is 2. The second-order valence-corrected chi connectivity index (χ2v) is 10.9. The van der Waals surface area contributed by atoms with Gasteiger partial charge in [-0.2, -0.15) is 0 Å². The second-order valence-electron chi connectivity index (χ2n) is 10.9. The number of imidazole rings is 1. The summed E-state index contributed by atoms with van der Waals surface area (Å²) in [7, 11) is 1.99. The fraction of sp³-hybridized carbons (Fsp3) is 0.200. The normalized spacial score (nSPS) is 14.9. The summed E-state index contributed by atoms with van der Waals surface area (Å²) in [4.78, 5) is 67.2. The molecule has 0 radical (unpaired) electrons. The molecule has 2 heterocycles. The van der Waals surface area contributed by atoms with Crippen LogP contribution in [-0.2, 0) is 39.0 Å². The Morgan fingerprint density at radius 2 is 1.34 bits per heavy atom. The number of nitrogens with one attached hydrogen (secondary N) is 1. The van der Waals surface area contributed by atoms with Crippen LogP contribution in [0.1, 0.15) is 48.9 Å². The average Bonchev–Trinajstić information content (AvgIpc) is 3.70. The van der Waals surface area contributed by atoms with Gasteiger partial charge in [0.2, 0.25) is 12.2 Å².